The van der Waals surface area contributed by atoms with Crippen LogP contribution in [0.2, 0.25) is 0 Å². The van der Waals surface area contributed by atoms with Gasteiger partial charge in [0.1, 0.15) is 17.4 Å². The number of halogens is 2. The number of benzene rings is 2. The Bertz CT molecular complexity index is 999. The number of aromatic nitrogens is 2. The third kappa shape index (κ3) is 5.00. The molecule has 6 nitrogen and oxygen atoms in total. The van der Waals surface area contributed by atoms with Gasteiger partial charge < -0.3 is 14.2 Å². The van der Waals surface area contributed by atoms with Crippen LogP contribution in [-0.4, -0.2) is 34.0 Å². The van der Waals surface area contributed by atoms with Gasteiger partial charge in [-0.3, -0.25) is 4.79 Å². The molecule has 0 atom stereocenters. The van der Waals surface area contributed by atoms with E-state index in [4.69, 9.17) is 9.26 Å². The predicted molar refractivity (Wildman–Crippen MR) is 104 cm³/mol. The zero-order valence-electron chi connectivity index (χ0n) is 16.3. The fourth-order valence-electron chi connectivity index (χ4n) is 3.49. The first-order valence-corrected chi connectivity index (χ1v) is 9.80. The molecule has 1 aliphatic rings. The maximum absolute atomic E-state index is 13.3. The van der Waals surface area contributed by atoms with E-state index < -0.39 is 0 Å². The molecule has 0 spiro atoms. The van der Waals surface area contributed by atoms with Gasteiger partial charge in [-0.15, -0.1) is 0 Å². The highest BCUT2D eigenvalue weighted by Crippen LogP contribution is 2.26. The predicted octanol–water partition coefficient (Wildman–Crippen LogP) is 3.88. The highest BCUT2D eigenvalue weighted by Gasteiger charge is 2.27. The van der Waals surface area contributed by atoms with Gasteiger partial charge in [-0.1, -0.05) is 17.3 Å². The minimum Gasteiger partial charge on any atom is -0.484 e. The molecule has 3 aromatic rings. The van der Waals surface area contributed by atoms with Gasteiger partial charge in [0.25, 0.3) is 5.89 Å². The molecular formula is C22H21F2N3O3. The summed E-state index contributed by atoms with van der Waals surface area (Å²) in [7, 11) is 0. The van der Waals surface area contributed by atoms with E-state index in [2.05, 4.69) is 10.1 Å². The number of nitrogens with zero attached hydrogens (tertiary/aromatic N) is 3. The van der Waals surface area contributed by atoms with Crippen molar-refractivity contribution >= 4 is 5.91 Å². The van der Waals surface area contributed by atoms with Crippen LogP contribution in [0.5, 0.6) is 5.75 Å². The SMILES string of the molecule is O=C(Cc1cccc(F)c1)N1CCC(c2noc(COc3ccc(F)cc3)n2)CC1. The van der Waals surface area contributed by atoms with E-state index in [-0.39, 0.29) is 36.5 Å². The van der Waals surface area contributed by atoms with Crippen LogP contribution in [-0.2, 0) is 17.8 Å². The lowest BCUT2D eigenvalue weighted by Crippen LogP contribution is -2.39. The van der Waals surface area contributed by atoms with Gasteiger partial charge in [-0.05, 0) is 54.8 Å². The number of carbonyl (C=O) groups excluding carboxylic acids is 1. The Morgan fingerprint density at radius 3 is 2.60 bits per heavy atom. The molecule has 0 unspecified atom stereocenters. The first-order valence-electron chi connectivity index (χ1n) is 9.80. The first-order chi connectivity index (χ1) is 14.6. The zero-order chi connectivity index (χ0) is 20.9. The van der Waals surface area contributed by atoms with Crippen LogP contribution in [0.4, 0.5) is 8.78 Å². The summed E-state index contributed by atoms with van der Waals surface area (Å²) in [5, 5.41) is 4.04. The Morgan fingerprint density at radius 1 is 1.10 bits per heavy atom. The zero-order valence-corrected chi connectivity index (χ0v) is 16.3. The summed E-state index contributed by atoms with van der Waals surface area (Å²) in [5.74, 6) is 0.885. The molecule has 1 aromatic heterocycles. The Balaban J connectivity index is 1.27. The van der Waals surface area contributed by atoms with Crippen molar-refractivity contribution < 1.29 is 22.8 Å². The third-order valence-electron chi connectivity index (χ3n) is 5.12. The molecule has 30 heavy (non-hydrogen) atoms. The van der Waals surface area contributed by atoms with E-state index in [1.165, 1.54) is 36.4 Å². The van der Waals surface area contributed by atoms with Gasteiger partial charge in [0.2, 0.25) is 5.91 Å². The molecule has 2 heterocycles. The molecule has 0 N–H and O–H groups in total. The normalized spacial score (nSPS) is 14.7. The maximum atomic E-state index is 13.3. The van der Waals surface area contributed by atoms with Gasteiger partial charge in [-0.2, -0.15) is 4.98 Å². The number of piperidine rings is 1. The Hall–Kier alpha value is -3.29. The van der Waals surface area contributed by atoms with Crippen LogP contribution in [0.1, 0.15) is 36.0 Å². The van der Waals surface area contributed by atoms with Crippen LogP contribution in [0.25, 0.3) is 0 Å². The number of likely N-dealkylation sites (tertiary alicyclic amines) is 1. The molecule has 0 radical (unpaired) electrons. The van der Waals surface area contributed by atoms with Crippen molar-refractivity contribution in [3.05, 3.63) is 77.4 Å². The monoisotopic (exact) mass is 413 g/mol. The second-order valence-electron chi connectivity index (χ2n) is 7.25. The summed E-state index contributed by atoms with van der Waals surface area (Å²) >= 11 is 0. The smallest absolute Gasteiger partial charge is 0.264 e. The van der Waals surface area contributed by atoms with Crippen molar-refractivity contribution in [3.8, 4) is 5.75 Å². The molecule has 1 aliphatic heterocycles. The summed E-state index contributed by atoms with van der Waals surface area (Å²) in [6.07, 6.45) is 1.65. The lowest BCUT2D eigenvalue weighted by molar-refractivity contribution is -0.131. The second-order valence-corrected chi connectivity index (χ2v) is 7.25. The van der Waals surface area contributed by atoms with E-state index in [0.29, 0.717) is 36.1 Å². The lowest BCUT2D eigenvalue weighted by atomic mass is 9.95. The first kappa shape index (κ1) is 20.0. The summed E-state index contributed by atoms with van der Waals surface area (Å²) in [4.78, 5) is 18.7. The van der Waals surface area contributed by atoms with Crippen molar-refractivity contribution in [1.29, 1.82) is 0 Å². The van der Waals surface area contributed by atoms with Gasteiger partial charge in [0.05, 0.1) is 6.42 Å². The van der Waals surface area contributed by atoms with Crippen LogP contribution >= 0.6 is 0 Å². The number of rotatable bonds is 6. The summed E-state index contributed by atoms with van der Waals surface area (Å²) in [6, 6.07) is 11.8. The molecular weight excluding hydrogens is 392 g/mol. The lowest BCUT2D eigenvalue weighted by Gasteiger charge is -2.30. The van der Waals surface area contributed by atoms with Crippen LogP contribution in [0, 0.1) is 11.6 Å². The molecule has 0 aliphatic carbocycles. The summed E-state index contributed by atoms with van der Waals surface area (Å²) in [5.41, 5.74) is 0.672. The van der Waals surface area contributed by atoms with Crippen LogP contribution in [0.15, 0.2) is 53.1 Å². The molecule has 4 rings (SSSR count). The number of amides is 1. The van der Waals surface area contributed by atoms with Crippen molar-refractivity contribution in [3.63, 3.8) is 0 Å². The fraction of sp³-hybridized carbons (Fsp3) is 0.318. The van der Waals surface area contributed by atoms with Crippen molar-refractivity contribution in [1.82, 2.24) is 15.0 Å². The van der Waals surface area contributed by atoms with E-state index in [1.54, 1.807) is 17.0 Å². The van der Waals surface area contributed by atoms with Crippen LogP contribution in [0.3, 0.4) is 0 Å². The van der Waals surface area contributed by atoms with E-state index in [9.17, 15) is 13.6 Å². The number of ether oxygens (including phenoxy) is 1. The number of hydrogen-bond acceptors (Lipinski definition) is 5. The van der Waals surface area contributed by atoms with Gasteiger partial charge in [0, 0.05) is 19.0 Å². The van der Waals surface area contributed by atoms with Gasteiger partial charge in [-0.25, -0.2) is 8.78 Å². The van der Waals surface area contributed by atoms with E-state index in [1.807, 2.05) is 0 Å². The van der Waals surface area contributed by atoms with E-state index in [0.717, 1.165) is 12.8 Å². The maximum Gasteiger partial charge on any atom is 0.264 e. The fourth-order valence-corrected chi connectivity index (χ4v) is 3.49. The molecule has 0 bridgehead atoms. The highest BCUT2D eigenvalue weighted by atomic mass is 19.1. The Kier molecular flexibility index (Phi) is 6.02. The molecule has 0 saturated carbocycles. The standard InChI is InChI=1S/C22H21F2N3O3/c23-17-4-6-19(7-5-17)29-14-20-25-22(26-30-20)16-8-10-27(11-9-16)21(28)13-15-2-1-3-18(24)12-15/h1-7,12,16H,8-11,13-14H2. The highest BCUT2D eigenvalue weighted by molar-refractivity contribution is 5.78. The Morgan fingerprint density at radius 2 is 1.87 bits per heavy atom. The summed E-state index contributed by atoms with van der Waals surface area (Å²) < 4.78 is 37.0. The molecule has 8 heteroatoms. The van der Waals surface area contributed by atoms with E-state index >= 15 is 0 Å². The van der Waals surface area contributed by atoms with Crippen molar-refractivity contribution in [2.45, 2.75) is 31.8 Å². The topological polar surface area (TPSA) is 68.5 Å². The molecule has 156 valence electrons. The summed E-state index contributed by atoms with van der Waals surface area (Å²) in [6.45, 7) is 1.28. The van der Waals surface area contributed by atoms with Gasteiger partial charge in [0.15, 0.2) is 12.4 Å². The Labute approximate surface area is 172 Å². The average Bonchev–Trinajstić information content (AvgIpc) is 3.22. The number of hydrogen-bond donors (Lipinski definition) is 0. The second kappa shape index (κ2) is 9.02. The third-order valence-corrected chi connectivity index (χ3v) is 5.12. The van der Waals surface area contributed by atoms with Gasteiger partial charge >= 0.3 is 0 Å². The average molecular weight is 413 g/mol. The van der Waals surface area contributed by atoms with Crippen molar-refractivity contribution in [2.24, 2.45) is 0 Å². The largest absolute Gasteiger partial charge is 0.484 e. The molecule has 1 fully saturated rings. The van der Waals surface area contributed by atoms with Crippen molar-refractivity contribution in [2.75, 3.05) is 13.1 Å². The molecule has 1 saturated heterocycles. The quantitative estimate of drug-likeness (QED) is 0.614. The number of carbonyl (C=O) groups is 1. The minimum absolute atomic E-state index is 0.0134. The minimum atomic E-state index is -0.338. The molecule has 1 amide bonds. The molecule has 2 aromatic carbocycles. The van der Waals surface area contributed by atoms with Crippen LogP contribution < -0.4 is 4.74 Å².